The van der Waals surface area contributed by atoms with Gasteiger partial charge in [-0.1, -0.05) is 22.9 Å². The third-order valence-corrected chi connectivity index (χ3v) is 4.29. The zero-order chi connectivity index (χ0) is 11.5. The lowest BCUT2D eigenvalue weighted by atomic mass is 9.99. The number of thioether (sulfide) groups is 1. The van der Waals surface area contributed by atoms with Crippen LogP contribution < -0.4 is 5.32 Å². The monoisotopic (exact) mass is 303 g/mol. The van der Waals surface area contributed by atoms with Gasteiger partial charge in [-0.25, -0.2) is 4.39 Å². The molecule has 1 aliphatic rings. The molecule has 4 heteroatoms. The maximum absolute atomic E-state index is 13.9. The molecule has 0 radical (unpaired) electrons. The Balaban J connectivity index is 2.43. The molecule has 1 nitrogen and oxygen atoms in total. The Labute approximate surface area is 108 Å². The number of fused-ring (bicyclic) bond motifs is 1. The number of rotatable bonds is 2. The van der Waals surface area contributed by atoms with Gasteiger partial charge in [0.05, 0.1) is 0 Å². The first kappa shape index (κ1) is 12.4. The fourth-order valence-electron chi connectivity index (χ4n) is 2.08. The van der Waals surface area contributed by atoms with Gasteiger partial charge in [-0.2, -0.15) is 11.8 Å². The van der Waals surface area contributed by atoms with Crippen LogP contribution in [-0.4, -0.2) is 12.3 Å². The van der Waals surface area contributed by atoms with Crippen LogP contribution in [0.4, 0.5) is 4.39 Å². The van der Waals surface area contributed by atoms with Crippen molar-refractivity contribution < 1.29 is 4.39 Å². The molecular formula is C12H15BrFNS. The highest BCUT2D eigenvalue weighted by Crippen LogP contribution is 2.34. The molecule has 1 unspecified atom stereocenters. The van der Waals surface area contributed by atoms with Crippen molar-refractivity contribution >= 4 is 27.7 Å². The van der Waals surface area contributed by atoms with Crippen LogP contribution in [0, 0.1) is 5.82 Å². The van der Waals surface area contributed by atoms with Crippen molar-refractivity contribution in [1.82, 2.24) is 5.32 Å². The van der Waals surface area contributed by atoms with E-state index in [4.69, 9.17) is 0 Å². The van der Waals surface area contributed by atoms with E-state index in [1.54, 1.807) is 6.07 Å². The van der Waals surface area contributed by atoms with Crippen LogP contribution >= 0.6 is 27.7 Å². The lowest BCUT2D eigenvalue weighted by molar-refractivity contribution is 0.532. The quantitative estimate of drug-likeness (QED) is 0.890. The van der Waals surface area contributed by atoms with Gasteiger partial charge in [0.25, 0.3) is 0 Å². The third kappa shape index (κ3) is 2.60. The summed E-state index contributed by atoms with van der Waals surface area (Å²) in [6.07, 6.45) is 1.07. The van der Waals surface area contributed by atoms with Crippen LogP contribution in [0.5, 0.6) is 0 Å². The number of hydrogen-bond donors (Lipinski definition) is 1. The Morgan fingerprint density at radius 3 is 3.12 bits per heavy atom. The normalized spacial score (nSPS) is 20.3. The molecule has 0 aliphatic carbocycles. The highest BCUT2D eigenvalue weighted by molar-refractivity contribution is 9.10. The van der Waals surface area contributed by atoms with Gasteiger partial charge in [0, 0.05) is 21.8 Å². The number of halogens is 2. The summed E-state index contributed by atoms with van der Waals surface area (Å²) in [7, 11) is 0. The average molecular weight is 304 g/mol. The average Bonchev–Trinajstić information content (AvgIpc) is 2.42. The fourth-order valence-corrected chi connectivity index (χ4v) is 3.58. The molecule has 0 amide bonds. The summed E-state index contributed by atoms with van der Waals surface area (Å²) in [5.74, 6) is 1.79. The van der Waals surface area contributed by atoms with Gasteiger partial charge in [-0.3, -0.25) is 0 Å². The van der Waals surface area contributed by atoms with Gasteiger partial charge in [0.2, 0.25) is 0 Å². The molecule has 0 fully saturated rings. The zero-order valence-electron chi connectivity index (χ0n) is 9.22. The lowest BCUT2D eigenvalue weighted by Crippen LogP contribution is -2.22. The highest BCUT2D eigenvalue weighted by atomic mass is 79.9. The second-order valence-electron chi connectivity index (χ2n) is 3.91. The Bertz CT molecular complexity index is 384. The highest BCUT2D eigenvalue weighted by Gasteiger charge is 2.21. The molecule has 2 rings (SSSR count). The SMILES string of the molecule is CCNC1CCSCc2c(F)cc(Br)cc21. The second kappa shape index (κ2) is 5.52. The van der Waals surface area contributed by atoms with Gasteiger partial charge < -0.3 is 5.32 Å². The molecular weight excluding hydrogens is 289 g/mol. The van der Waals surface area contributed by atoms with Crippen LogP contribution in [0.2, 0.25) is 0 Å². The molecule has 0 saturated carbocycles. The second-order valence-corrected chi connectivity index (χ2v) is 5.93. The van der Waals surface area contributed by atoms with Crippen LogP contribution in [0.25, 0.3) is 0 Å². The number of hydrogen-bond acceptors (Lipinski definition) is 2. The molecule has 1 heterocycles. The molecule has 88 valence electrons. The van der Waals surface area contributed by atoms with E-state index in [1.165, 1.54) is 0 Å². The van der Waals surface area contributed by atoms with Crippen molar-refractivity contribution in [2.75, 3.05) is 12.3 Å². The van der Waals surface area contributed by atoms with Gasteiger partial charge in [-0.05, 0) is 36.4 Å². The van der Waals surface area contributed by atoms with Crippen molar-refractivity contribution in [3.8, 4) is 0 Å². The van der Waals surface area contributed by atoms with Gasteiger partial charge >= 0.3 is 0 Å². The topological polar surface area (TPSA) is 12.0 Å². The Morgan fingerprint density at radius 2 is 2.38 bits per heavy atom. The van der Waals surface area contributed by atoms with E-state index < -0.39 is 0 Å². The van der Waals surface area contributed by atoms with Gasteiger partial charge in [0.1, 0.15) is 5.82 Å². The van der Waals surface area contributed by atoms with Crippen LogP contribution in [0.3, 0.4) is 0 Å². The van der Waals surface area contributed by atoms with Crippen molar-refractivity contribution in [3.05, 3.63) is 33.5 Å². The molecule has 0 aromatic heterocycles. The predicted octanol–water partition coefficient (Wildman–Crippen LogP) is 3.88. The van der Waals surface area contributed by atoms with Crippen LogP contribution in [0.15, 0.2) is 16.6 Å². The standard InChI is InChI=1S/C12H15BrFNS/c1-2-15-12-3-4-16-7-10-9(12)5-8(13)6-11(10)14/h5-6,12,15H,2-4,7H2,1H3. The van der Waals surface area contributed by atoms with E-state index in [0.29, 0.717) is 6.04 Å². The van der Waals surface area contributed by atoms with E-state index >= 15 is 0 Å². The molecule has 0 bridgehead atoms. The Morgan fingerprint density at radius 1 is 1.56 bits per heavy atom. The smallest absolute Gasteiger partial charge is 0.128 e. The molecule has 1 aromatic rings. The zero-order valence-corrected chi connectivity index (χ0v) is 11.6. The lowest BCUT2D eigenvalue weighted by Gasteiger charge is -2.18. The summed E-state index contributed by atoms with van der Waals surface area (Å²) in [5.41, 5.74) is 2.00. The maximum atomic E-state index is 13.9. The summed E-state index contributed by atoms with van der Waals surface area (Å²) >= 11 is 5.18. The molecule has 1 atom stereocenters. The van der Waals surface area contributed by atoms with E-state index in [0.717, 1.165) is 40.1 Å². The summed E-state index contributed by atoms with van der Waals surface area (Å²) in [6.45, 7) is 3.01. The molecule has 1 N–H and O–H groups in total. The van der Waals surface area contributed by atoms with E-state index in [9.17, 15) is 4.39 Å². The first-order valence-corrected chi connectivity index (χ1v) is 7.46. The van der Waals surface area contributed by atoms with Crippen molar-refractivity contribution in [2.45, 2.75) is 25.1 Å². The largest absolute Gasteiger partial charge is 0.310 e. The van der Waals surface area contributed by atoms with Gasteiger partial charge in [0.15, 0.2) is 0 Å². The maximum Gasteiger partial charge on any atom is 0.128 e. The summed E-state index contributed by atoms with van der Waals surface area (Å²) in [4.78, 5) is 0. The van der Waals surface area contributed by atoms with E-state index in [-0.39, 0.29) is 5.82 Å². The molecule has 1 aromatic carbocycles. The van der Waals surface area contributed by atoms with Crippen molar-refractivity contribution in [3.63, 3.8) is 0 Å². The Hall–Kier alpha value is -0.0600. The van der Waals surface area contributed by atoms with Crippen LogP contribution in [-0.2, 0) is 5.75 Å². The van der Waals surface area contributed by atoms with Crippen LogP contribution in [0.1, 0.15) is 30.5 Å². The minimum absolute atomic E-state index is 0.0818. The summed E-state index contributed by atoms with van der Waals surface area (Å²) in [5, 5.41) is 3.43. The summed E-state index contributed by atoms with van der Waals surface area (Å²) in [6, 6.07) is 3.91. The molecule has 0 saturated heterocycles. The minimum Gasteiger partial charge on any atom is -0.310 e. The van der Waals surface area contributed by atoms with Crippen molar-refractivity contribution in [2.24, 2.45) is 0 Å². The van der Waals surface area contributed by atoms with E-state index in [2.05, 4.69) is 34.2 Å². The van der Waals surface area contributed by atoms with Gasteiger partial charge in [-0.15, -0.1) is 0 Å². The Kier molecular flexibility index (Phi) is 4.27. The first-order chi connectivity index (χ1) is 7.72. The molecule has 0 spiro atoms. The van der Waals surface area contributed by atoms with Crippen molar-refractivity contribution in [1.29, 1.82) is 0 Å². The number of benzene rings is 1. The first-order valence-electron chi connectivity index (χ1n) is 5.51. The number of nitrogens with one attached hydrogen (secondary N) is 1. The molecule has 16 heavy (non-hydrogen) atoms. The fraction of sp³-hybridized carbons (Fsp3) is 0.500. The predicted molar refractivity (Wildman–Crippen MR) is 71.3 cm³/mol. The molecule has 1 aliphatic heterocycles. The minimum atomic E-state index is -0.0818. The van der Waals surface area contributed by atoms with E-state index in [1.807, 2.05) is 11.8 Å². The summed E-state index contributed by atoms with van der Waals surface area (Å²) < 4.78 is 14.7. The third-order valence-electron chi connectivity index (χ3n) is 2.82.